The number of piperidine rings is 1. The number of aryl methyl sites for hydroxylation is 1. The number of likely N-dealkylation sites (tertiary alicyclic amines) is 1. The molecule has 3 heterocycles. The van der Waals surface area contributed by atoms with Gasteiger partial charge in [-0.3, -0.25) is 4.79 Å². The van der Waals surface area contributed by atoms with E-state index in [9.17, 15) is 4.79 Å². The highest BCUT2D eigenvalue weighted by Crippen LogP contribution is 2.26. The van der Waals surface area contributed by atoms with E-state index in [-0.39, 0.29) is 17.7 Å². The number of rotatable bonds is 4. The van der Waals surface area contributed by atoms with Gasteiger partial charge in [0.2, 0.25) is 11.7 Å². The minimum atomic E-state index is -0.117. The Balaban J connectivity index is 1.70. The van der Waals surface area contributed by atoms with Crippen LogP contribution in [0.3, 0.4) is 0 Å². The largest absolute Gasteiger partial charge is 0.351 e. The zero-order chi connectivity index (χ0) is 16.4. The zero-order valence-corrected chi connectivity index (χ0v) is 13.8. The second-order valence-electron chi connectivity index (χ2n) is 6.26. The van der Waals surface area contributed by atoms with Gasteiger partial charge in [-0.25, -0.2) is 0 Å². The summed E-state index contributed by atoms with van der Waals surface area (Å²) in [4.78, 5) is 18.8. The summed E-state index contributed by atoms with van der Waals surface area (Å²) in [6, 6.07) is 1.74. The van der Waals surface area contributed by atoms with Crippen LogP contribution in [-0.4, -0.2) is 39.2 Å². The summed E-state index contributed by atoms with van der Waals surface area (Å²) in [6.07, 6.45) is 2.59. The fraction of sp³-hybridized carbons (Fsp3) is 0.625. The van der Waals surface area contributed by atoms with Crippen molar-refractivity contribution in [2.24, 2.45) is 0 Å². The maximum absolute atomic E-state index is 12.6. The molecule has 0 bridgehead atoms. The van der Waals surface area contributed by atoms with E-state index in [0.29, 0.717) is 30.6 Å². The molecule has 1 aliphatic rings. The molecule has 2 aromatic rings. The standard InChI is InChI=1S/C16H22N4O3/c1-4-14-17-15(19-23-14)11-6-5-7-20(9-11)16(21)13-8-12(10(2)3)18-22-13/h8,10-11H,4-7,9H2,1-3H3/t11-/m1/s1. The second-order valence-corrected chi connectivity index (χ2v) is 6.26. The van der Waals surface area contributed by atoms with Crippen LogP contribution in [0.5, 0.6) is 0 Å². The summed E-state index contributed by atoms with van der Waals surface area (Å²) in [5.74, 6) is 1.87. The second kappa shape index (κ2) is 6.52. The van der Waals surface area contributed by atoms with Gasteiger partial charge in [-0.2, -0.15) is 4.98 Å². The lowest BCUT2D eigenvalue weighted by atomic mass is 9.97. The van der Waals surface area contributed by atoms with Crippen molar-refractivity contribution in [2.75, 3.05) is 13.1 Å². The maximum atomic E-state index is 12.6. The highest BCUT2D eigenvalue weighted by molar-refractivity contribution is 5.91. The lowest BCUT2D eigenvalue weighted by Gasteiger charge is -2.30. The number of nitrogens with zero attached hydrogens (tertiary/aromatic N) is 4. The van der Waals surface area contributed by atoms with Gasteiger partial charge in [0.15, 0.2) is 5.82 Å². The summed E-state index contributed by atoms with van der Waals surface area (Å²) in [7, 11) is 0. The lowest BCUT2D eigenvalue weighted by Crippen LogP contribution is -2.39. The molecule has 1 aliphatic heterocycles. The van der Waals surface area contributed by atoms with Gasteiger partial charge < -0.3 is 13.9 Å². The van der Waals surface area contributed by atoms with Crippen LogP contribution in [-0.2, 0) is 6.42 Å². The summed E-state index contributed by atoms with van der Waals surface area (Å²) in [5.41, 5.74) is 0.799. The topological polar surface area (TPSA) is 85.3 Å². The molecule has 124 valence electrons. The van der Waals surface area contributed by atoms with Crippen molar-refractivity contribution in [1.29, 1.82) is 0 Å². The molecule has 0 N–H and O–H groups in total. The Morgan fingerprint density at radius 2 is 2.22 bits per heavy atom. The number of amides is 1. The average molecular weight is 318 g/mol. The fourth-order valence-corrected chi connectivity index (χ4v) is 2.77. The Labute approximate surface area is 135 Å². The van der Waals surface area contributed by atoms with E-state index in [1.165, 1.54) is 0 Å². The van der Waals surface area contributed by atoms with Crippen molar-refractivity contribution in [1.82, 2.24) is 20.2 Å². The SMILES string of the molecule is CCc1nc([C@@H]2CCCN(C(=O)c3cc(C(C)C)no3)C2)no1. The molecule has 3 rings (SSSR count). The van der Waals surface area contributed by atoms with Crippen LogP contribution in [0.4, 0.5) is 0 Å². The molecule has 2 aromatic heterocycles. The van der Waals surface area contributed by atoms with Crippen molar-refractivity contribution in [3.63, 3.8) is 0 Å². The van der Waals surface area contributed by atoms with Gasteiger partial charge >= 0.3 is 0 Å². The fourth-order valence-electron chi connectivity index (χ4n) is 2.77. The van der Waals surface area contributed by atoms with Gasteiger partial charge in [0.25, 0.3) is 5.91 Å². The minimum Gasteiger partial charge on any atom is -0.351 e. The number of carbonyl (C=O) groups excluding carboxylic acids is 1. The highest BCUT2D eigenvalue weighted by Gasteiger charge is 2.30. The first-order valence-electron chi connectivity index (χ1n) is 8.16. The van der Waals surface area contributed by atoms with Crippen molar-refractivity contribution < 1.29 is 13.8 Å². The molecule has 0 spiro atoms. The smallest absolute Gasteiger partial charge is 0.292 e. The first-order valence-corrected chi connectivity index (χ1v) is 8.16. The Morgan fingerprint density at radius 3 is 2.87 bits per heavy atom. The van der Waals surface area contributed by atoms with Gasteiger partial charge in [-0.15, -0.1) is 0 Å². The Kier molecular flexibility index (Phi) is 4.45. The third-order valence-electron chi connectivity index (χ3n) is 4.19. The number of carbonyl (C=O) groups is 1. The molecular formula is C16H22N4O3. The van der Waals surface area contributed by atoms with Crippen LogP contribution >= 0.6 is 0 Å². The van der Waals surface area contributed by atoms with Crippen LogP contribution in [0.25, 0.3) is 0 Å². The summed E-state index contributed by atoms with van der Waals surface area (Å²) in [6.45, 7) is 7.31. The minimum absolute atomic E-state index is 0.115. The molecule has 1 atom stereocenters. The van der Waals surface area contributed by atoms with Crippen LogP contribution in [0.15, 0.2) is 15.1 Å². The number of hydrogen-bond acceptors (Lipinski definition) is 6. The first-order chi connectivity index (χ1) is 11.1. The Bertz CT molecular complexity index is 676. The third-order valence-corrected chi connectivity index (χ3v) is 4.19. The van der Waals surface area contributed by atoms with E-state index in [4.69, 9.17) is 9.05 Å². The molecule has 1 fully saturated rings. The predicted molar refractivity (Wildman–Crippen MR) is 82.1 cm³/mol. The van der Waals surface area contributed by atoms with Gasteiger partial charge in [0.1, 0.15) is 0 Å². The molecule has 0 unspecified atom stereocenters. The van der Waals surface area contributed by atoms with E-state index in [1.807, 2.05) is 20.8 Å². The molecular weight excluding hydrogens is 296 g/mol. The lowest BCUT2D eigenvalue weighted by molar-refractivity contribution is 0.0661. The van der Waals surface area contributed by atoms with E-state index < -0.39 is 0 Å². The van der Waals surface area contributed by atoms with Crippen LogP contribution in [0.1, 0.15) is 73.4 Å². The molecule has 0 aliphatic carbocycles. The van der Waals surface area contributed by atoms with Crippen LogP contribution < -0.4 is 0 Å². The van der Waals surface area contributed by atoms with Crippen molar-refractivity contribution in [3.8, 4) is 0 Å². The van der Waals surface area contributed by atoms with Gasteiger partial charge in [0.05, 0.1) is 5.69 Å². The first kappa shape index (κ1) is 15.7. The molecule has 23 heavy (non-hydrogen) atoms. The zero-order valence-electron chi connectivity index (χ0n) is 13.8. The van der Waals surface area contributed by atoms with Crippen molar-refractivity contribution in [3.05, 3.63) is 29.2 Å². The van der Waals surface area contributed by atoms with E-state index in [0.717, 1.165) is 25.0 Å². The molecule has 0 saturated carbocycles. The van der Waals surface area contributed by atoms with E-state index in [2.05, 4.69) is 15.3 Å². The van der Waals surface area contributed by atoms with Crippen LogP contribution in [0, 0.1) is 0 Å². The highest BCUT2D eigenvalue weighted by atomic mass is 16.5. The molecule has 1 amide bonds. The Hall–Kier alpha value is -2.18. The van der Waals surface area contributed by atoms with Gasteiger partial charge in [0, 0.05) is 31.5 Å². The quantitative estimate of drug-likeness (QED) is 0.861. The summed E-state index contributed by atoms with van der Waals surface area (Å²) in [5, 5.41) is 8.01. The monoisotopic (exact) mass is 318 g/mol. The van der Waals surface area contributed by atoms with Gasteiger partial charge in [-0.1, -0.05) is 31.1 Å². The normalized spacial score (nSPS) is 18.6. The van der Waals surface area contributed by atoms with E-state index in [1.54, 1.807) is 11.0 Å². The average Bonchev–Trinajstić information content (AvgIpc) is 3.23. The molecule has 0 radical (unpaired) electrons. The predicted octanol–water partition coefficient (Wildman–Crippen LogP) is 2.76. The molecule has 7 nitrogen and oxygen atoms in total. The molecule has 0 aromatic carbocycles. The maximum Gasteiger partial charge on any atom is 0.292 e. The van der Waals surface area contributed by atoms with Gasteiger partial charge in [-0.05, 0) is 18.8 Å². The van der Waals surface area contributed by atoms with Crippen molar-refractivity contribution >= 4 is 5.91 Å². The van der Waals surface area contributed by atoms with Crippen LogP contribution in [0.2, 0.25) is 0 Å². The number of hydrogen-bond donors (Lipinski definition) is 0. The summed E-state index contributed by atoms with van der Waals surface area (Å²) < 4.78 is 10.4. The number of aromatic nitrogens is 3. The van der Waals surface area contributed by atoms with E-state index >= 15 is 0 Å². The Morgan fingerprint density at radius 1 is 1.39 bits per heavy atom. The molecule has 1 saturated heterocycles. The third kappa shape index (κ3) is 3.28. The molecule has 7 heteroatoms. The summed E-state index contributed by atoms with van der Waals surface area (Å²) >= 11 is 0. The van der Waals surface area contributed by atoms with Crippen molar-refractivity contribution in [2.45, 2.75) is 51.9 Å².